The van der Waals surface area contributed by atoms with E-state index in [1.165, 1.54) is 18.2 Å². The molecule has 1 fully saturated rings. The summed E-state index contributed by atoms with van der Waals surface area (Å²) >= 11 is 5.83. The van der Waals surface area contributed by atoms with Gasteiger partial charge in [-0.15, -0.1) is 0 Å². The zero-order valence-corrected chi connectivity index (χ0v) is 12.5. The van der Waals surface area contributed by atoms with Crippen molar-refractivity contribution in [2.45, 2.75) is 6.42 Å². The third-order valence-corrected chi connectivity index (χ3v) is 3.74. The number of rotatable bonds is 4. The lowest BCUT2D eigenvalue weighted by atomic mass is 10.1. The molecular weight excluding hydrogens is 294 g/mol. The number of carboxylic acid groups (broad SMARTS) is 1. The molecule has 3 N–H and O–H groups in total. The van der Waals surface area contributed by atoms with Crippen LogP contribution in [-0.4, -0.2) is 48.7 Å². The summed E-state index contributed by atoms with van der Waals surface area (Å²) in [5.41, 5.74) is 0.200. The maximum absolute atomic E-state index is 11.9. The SMILES string of the molecule is CN1CCC(CNC(=O)Nc2cc(Cl)ccc2C(=O)O)C1. The van der Waals surface area contributed by atoms with Crippen molar-refractivity contribution < 1.29 is 14.7 Å². The molecule has 2 rings (SSSR count). The maximum atomic E-state index is 11.9. The van der Waals surface area contributed by atoms with Gasteiger partial charge in [-0.05, 0) is 44.1 Å². The highest BCUT2D eigenvalue weighted by atomic mass is 35.5. The Bertz CT molecular complexity index is 550. The van der Waals surface area contributed by atoms with Gasteiger partial charge >= 0.3 is 12.0 Å². The van der Waals surface area contributed by atoms with Crippen LogP contribution < -0.4 is 10.6 Å². The van der Waals surface area contributed by atoms with Crippen molar-refractivity contribution >= 4 is 29.3 Å². The number of aromatic carboxylic acids is 1. The molecule has 0 radical (unpaired) electrons. The van der Waals surface area contributed by atoms with Crippen molar-refractivity contribution in [3.8, 4) is 0 Å². The number of carboxylic acids is 1. The Morgan fingerprint density at radius 3 is 2.86 bits per heavy atom. The van der Waals surface area contributed by atoms with Crippen molar-refractivity contribution in [2.24, 2.45) is 5.92 Å². The fraction of sp³-hybridized carbons (Fsp3) is 0.429. The largest absolute Gasteiger partial charge is 0.478 e. The van der Waals surface area contributed by atoms with Crippen molar-refractivity contribution in [2.75, 3.05) is 32.0 Å². The molecule has 1 unspecified atom stereocenters. The molecule has 2 amide bonds. The van der Waals surface area contributed by atoms with Crippen molar-refractivity contribution in [3.63, 3.8) is 0 Å². The molecule has 7 heteroatoms. The van der Waals surface area contributed by atoms with Gasteiger partial charge in [0.2, 0.25) is 0 Å². The molecule has 0 aromatic heterocycles. The Morgan fingerprint density at radius 1 is 1.48 bits per heavy atom. The van der Waals surface area contributed by atoms with Crippen molar-refractivity contribution in [1.29, 1.82) is 0 Å². The minimum Gasteiger partial charge on any atom is -0.478 e. The predicted octanol–water partition coefficient (Wildman–Crippen LogP) is 2.11. The summed E-state index contributed by atoms with van der Waals surface area (Å²) in [6, 6.07) is 3.84. The Hall–Kier alpha value is -1.79. The number of halogens is 1. The summed E-state index contributed by atoms with van der Waals surface area (Å²) < 4.78 is 0. The average Bonchev–Trinajstić information content (AvgIpc) is 2.82. The van der Waals surface area contributed by atoms with Gasteiger partial charge in [0.05, 0.1) is 11.3 Å². The van der Waals surface area contributed by atoms with Crippen LogP contribution in [0.3, 0.4) is 0 Å². The predicted molar refractivity (Wildman–Crippen MR) is 81.0 cm³/mol. The molecule has 0 bridgehead atoms. The van der Waals surface area contributed by atoms with Gasteiger partial charge in [0.1, 0.15) is 0 Å². The van der Waals surface area contributed by atoms with Crippen LogP contribution in [0.5, 0.6) is 0 Å². The van der Waals surface area contributed by atoms with E-state index in [0.717, 1.165) is 19.5 Å². The van der Waals surface area contributed by atoms with E-state index in [1.54, 1.807) is 0 Å². The first-order valence-electron chi connectivity index (χ1n) is 6.72. The highest BCUT2D eigenvalue weighted by Crippen LogP contribution is 2.21. The highest BCUT2D eigenvalue weighted by Gasteiger charge is 2.20. The number of nitrogens with zero attached hydrogens (tertiary/aromatic N) is 1. The first kappa shape index (κ1) is 15.6. The van der Waals surface area contributed by atoms with Crippen LogP contribution in [0, 0.1) is 5.92 Å². The van der Waals surface area contributed by atoms with Gasteiger partial charge in [-0.3, -0.25) is 0 Å². The lowest BCUT2D eigenvalue weighted by Gasteiger charge is -2.13. The summed E-state index contributed by atoms with van der Waals surface area (Å²) in [5.74, 6) is -0.682. The molecule has 1 aromatic rings. The normalized spacial score (nSPS) is 18.5. The smallest absolute Gasteiger partial charge is 0.337 e. The second kappa shape index (κ2) is 6.78. The molecule has 21 heavy (non-hydrogen) atoms. The molecule has 1 heterocycles. The maximum Gasteiger partial charge on any atom is 0.337 e. The summed E-state index contributed by atoms with van der Waals surface area (Å²) in [4.78, 5) is 25.2. The van der Waals surface area contributed by atoms with E-state index in [-0.39, 0.29) is 11.3 Å². The number of carbonyl (C=O) groups excluding carboxylic acids is 1. The third-order valence-electron chi connectivity index (χ3n) is 3.50. The van der Waals surface area contributed by atoms with Gasteiger partial charge in [0.15, 0.2) is 0 Å². The van der Waals surface area contributed by atoms with Crippen LogP contribution in [-0.2, 0) is 0 Å². The molecule has 0 saturated carbocycles. The van der Waals surface area contributed by atoms with E-state index in [0.29, 0.717) is 17.5 Å². The van der Waals surface area contributed by atoms with Gasteiger partial charge in [-0.1, -0.05) is 11.6 Å². The van der Waals surface area contributed by atoms with Gasteiger partial charge < -0.3 is 20.6 Å². The molecule has 0 aliphatic carbocycles. The van der Waals surface area contributed by atoms with Gasteiger partial charge in [0, 0.05) is 18.1 Å². The molecule has 114 valence electrons. The number of likely N-dealkylation sites (tertiary alicyclic amines) is 1. The van der Waals surface area contributed by atoms with E-state index in [1.807, 2.05) is 7.05 Å². The van der Waals surface area contributed by atoms with E-state index in [2.05, 4.69) is 15.5 Å². The second-order valence-corrected chi connectivity index (χ2v) is 5.68. The lowest BCUT2D eigenvalue weighted by Crippen LogP contribution is -2.34. The topological polar surface area (TPSA) is 81.7 Å². The molecule has 1 aromatic carbocycles. The summed E-state index contributed by atoms with van der Waals surface area (Å²) in [6.45, 7) is 2.56. The minimum atomic E-state index is -1.11. The zero-order valence-electron chi connectivity index (χ0n) is 11.7. The summed E-state index contributed by atoms with van der Waals surface area (Å²) in [7, 11) is 2.05. The van der Waals surface area contributed by atoms with Gasteiger partial charge in [0.25, 0.3) is 0 Å². The van der Waals surface area contributed by atoms with Gasteiger partial charge in [-0.25, -0.2) is 9.59 Å². The Balaban J connectivity index is 1.93. The molecule has 1 aliphatic heterocycles. The van der Waals surface area contributed by atoms with E-state index in [9.17, 15) is 9.59 Å². The Morgan fingerprint density at radius 2 is 2.24 bits per heavy atom. The third kappa shape index (κ3) is 4.34. The number of amides is 2. The Kier molecular flexibility index (Phi) is 5.03. The summed E-state index contributed by atoms with van der Waals surface area (Å²) in [6.07, 6.45) is 1.05. The van der Waals surface area contributed by atoms with E-state index >= 15 is 0 Å². The molecule has 0 spiro atoms. The van der Waals surface area contributed by atoms with E-state index in [4.69, 9.17) is 16.7 Å². The second-order valence-electron chi connectivity index (χ2n) is 5.25. The molecular formula is C14H18ClN3O3. The van der Waals surface area contributed by atoms with Crippen LogP contribution in [0.15, 0.2) is 18.2 Å². The number of hydrogen-bond acceptors (Lipinski definition) is 3. The number of nitrogens with one attached hydrogen (secondary N) is 2. The molecule has 1 atom stereocenters. The van der Waals surface area contributed by atoms with Crippen molar-refractivity contribution in [3.05, 3.63) is 28.8 Å². The van der Waals surface area contributed by atoms with Crippen LogP contribution in [0.25, 0.3) is 0 Å². The lowest BCUT2D eigenvalue weighted by molar-refractivity contribution is 0.0698. The fourth-order valence-corrected chi connectivity index (χ4v) is 2.57. The van der Waals surface area contributed by atoms with Crippen LogP contribution >= 0.6 is 11.6 Å². The fourth-order valence-electron chi connectivity index (χ4n) is 2.40. The highest BCUT2D eigenvalue weighted by molar-refractivity contribution is 6.31. The van der Waals surface area contributed by atoms with E-state index < -0.39 is 12.0 Å². The van der Waals surface area contributed by atoms with Gasteiger partial charge in [-0.2, -0.15) is 0 Å². The number of benzene rings is 1. The standard InChI is InChI=1S/C14H18ClN3O3/c1-18-5-4-9(8-18)7-16-14(21)17-12-6-10(15)2-3-11(12)13(19)20/h2-3,6,9H,4-5,7-8H2,1H3,(H,19,20)(H2,16,17,21). The number of hydrogen-bond donors (Lipinski definition) is 3. The van der Waals surface area contributed by atoms with Crippen LogP contribution in [0.1, 0.15) is 16.8 Å². The van der Waals surface area contributed by atoms with Crippen LogP contribution in [0.2, 0.25) is 5.02 Å². The zero-order chi connectivity index (χ0) is 15.4. The number of anilines is 1. The summed E-state index contributed by atoms with van der Waals surface area (Å²) in [5, 5.41) is 14.8. The number of carbonyl (C=O) groups is 2. The quantitative estimate of drug-likeness (QED) is 0.795. The average molecular weight is 312 g/mol. The van der Waals surface area contributed by atoms with Crippen molar-refractivity contribution in [1.82, 2.24) is 10.2 Å². The number of urea groups is 1. The first-order chi connectivity index (χ1) is 9.95. The first-order valence-corrected chi connectivity index (χ1v) is 7.09. The Labute approximate surface area is 128 Å². The molecule has 1 saturated heterocycles. The monoisotopic (exact) mass is 311 g/mol. The minimum absolute atomic E-state index is 0.00940. The van der Waals surface area contributed by atoms with Crippen LogP contribution in [0.4, 0.5) is 10.5 Å². The molecule has 1 aliphatic rings. The molecule has 6 nitrogen and oxygen atoms in total.